The first-order chi connectivity index (χ1) is 10.9. The Morgan fingerprint density at radius 1 is 1.00 bits per heavy atom. The third kappa shape index (κ3) is 1.90. The van der Waals surface area contributed by atoms with Gasteiger partial charge in [-0.3, -0.25) is 14.5 Å². The van der Waals surface area contributed by atoms with Gasteiger partial charge in [-0.1, -0.05) is 0 Å². The summed E-state index contributed by atoms with van der Waals surface area (Å²) in [6.07, 6.45) is 0.723. The first-order valence-electron chi connectivity index (χ1n) is 7.41. The molecular weight excluding hydrogens is 341 g/mol. The Balaban J connectivity index is 1.68. The molecule has 3 fully saturated rings. The maximum atomic E-state index is 12.7. The Kier molecular flexibility index (Phi) is 3.22. The Morgan fingerprint density at radius 2 is 1.48 bits per heavy atom. The van der Waals surface area contributed by atoms with E-state index in [2.05, 4.69) is 0 Å². The van der Waals surface area contributed by atoms with Crippen molar-refractivity contribution < 1.29 is 19.5 Å². The number of carbonyl (C=O) groups excluding carboxylic acids is 2. The van der Waals surface area contributed by atoms with E-state index < -0.39 is 17.8 Å². The molecule has 0 aromatic heterocycles. The van der Waals surface area contributed by atoms with Crippen molar-refractivity contribution in [3.05, 3.63) is 29.8 Å². The predicted molar refractivity (Wildman–Crippen MR) is 83.8 cm³/mol. The highest BCUT2D eigenvalue weighted by molar-refractivity contribution is 6.32. The normalized spacial score (nSPS) is 38.3. The van der Waals surface area contributed by atoms with Crippen LogP contribution in [0.2, 0.25) is 0 Å². The van der Waals surface area contributed by atoms with Gasteiger partial charge in [0.2, 0.25) is 11.8 Å². The van der Waals surface area contributed by atoms with Gasteiger partial charge in [0.15, 0.2) is 0 Å². The zero-order valence-electron chi connectivity index (χ0n) is 11.9. The van der Waals surface area contributed by atoms with Gasteiger partial charge >= 0.3 is 5.97 Å². The molecule has 1 aromatic carbocycles. The fraction of sp³-hybridized carbons (Fsp3) is 0.438. The van der Waals surface area contributed by atoms with Crippen molar-refractivity contribution in [2.75, 3.05) is 4.90 Å². The Morgan fingerprint density at radius 3 is 1.91 bits per heavy atom. The van der Waals surface area contributed by atoms with E-state index >= 15 is 0 Å². The van der Waals surface area contributed by atoms with Gasteiger partial charge in [0.05, 0.1) is 33.8 Å². The maximum absolute atomic E-state index is 12.7. The van der Waals surface area contributed by atoms with E-state index in [9.17, 15) is 14.4 Å². The van der Waals surface area contributed by atoms with E-state index in [1.807, 2.05) is 0 Å². The van der Waals surface area contributed by atoms with E-state index in [-0.39, 0.29) is 40.0 Å². The number of benzene rings is 1. The van der Waals surface area contributed by atoms with Crippen molar-refractivity contribution in [2.24, 2.45) is 23.7 Å². The van der Waals surface area contributed by atoms with Crippen molar-refractivity contribution in [3.8, 4) is 0 Å². The molecule has 0 unspecified atom stereocenters. The number of hydrogen-bond acceptors (Lipinski definition) is 3. The number of amides is 2. The largest absolute Gasteiger partial charge is 0.478 e. The van der Waals surface area contributed by atoms with Crippen molar-refractivity contribution in [1.29, 1.82) is 0 Å². The summed E-state index contributed by atoms with van der Waals surface area (Å²) >= 11 is 12.6. The van der Waals surface area contributed by atoms with Crippen LogP contribution in [0.1, 0.15) is 16.8 Å². The second-order valence-electron chi connectivity index (χ2n) is 6.37. The van der Waals surface area contributed by atoms with Crippen LogP contribution in [0.3, 0.4) is 0 Å². The zero-order chi connectivity index (χ0) is 16.5. The van der Waals surface area contributed by atoms with Crippen LogP contribution in [0, 0.1) is 23.7 Å². The van der Waals surface area contributed by atoms with E-state index in [1.165, 1.54) is 29.2 Å². The van der Waals surface area contributed by atoms with E-state index in [4.69, 9.17) is 28.3 Å². The topological polar surface area (TPSA) is 74.7 Å². The minimum Gasteiger partial charge on any atom is -0.478 e. The molecule has 120 valence electrons. The van der Waals surface area contributed by atoms with Crippen LogP contribution in [-0.4, -0.2) is 33.6 Å². The molecule has 6 atom stereocenters. The summed E-state index contributed by atoms with van der Waals surface area (Å²) in [4.78, 5) is 37.6. The van der Waals surface area contributed by atoms with Gasteiger partial charge in [-0.25, -0.2) is 4.79 Å². The van der Waals surface area contributed by atoms with Crippen molar-refractivity contribution in [3.63, 3.8) is 0 Å². The van der Waals surface area contributed by atoms with Gasteiger partial charge in [-0.05, 0) is 42.5 Å². The average Bonchev–Trinajstić information content (AvgIpc) is 3.12. The molecule has 7 heteroatoms. The molecule has 2 saturated carbocycles. The van der Waals surface area contributed by atoms with E-state index in [0.717, 1.165) is 6.42 Å². The standard InChI is InChI=1S/C16H13Cl2NO4/c17-12-8-5-9(13(12)18)11-10(8)14(20)19(15(11)21)7-3-1-6(2-4-7)16(22)23/h1-4,8-13H,5H2,(H,22,23)/t8-,9-,10-,11+,12-,13+/m1/s1. The lowest BCUT2D eigenvalue weighted by Crippen LogP contribution is -2.37. The molecule has 1 N–H and O–H groups in total. The number of hydrogen-bond donors (Lipinski definition) is 1. The molecule has 4 rings (SSSR count). The Bertz CT molecular complexity index is 687. The minimum absolute atomic E-state index is 0.0612. The highest BCUT2D eigenvalue weighted by Crippen LogP contribution is 2.59. The van der Waals surface area contributed by atoms with Gasteiger partial charge in [-0.2, -0.15) is 0 Å². The summed E-state index contributed by atoms with van der Waals surface area (Å²) in [5, 5.41) is 8.37. The van der Waals surface area contributed by atoms with E-state index in [0.29, 0.717) is 5.69 Å². The first-order valence-corrected chi connectivity index (χ1v) is 8.28. The number of anilines is 1. The van der Waals surface area contributed by atoms with Gasteiger partial charge < -0.3 is 5.11 Å². The third-order valence-electron chi connectivity index (χ3n) is 5.36. The SMILES string of the molecule is O=C(O)c1ccc(N2C(=O)[C@@H]3[C@H]4C[C@@H]([C@H](Cl)[C@@H]4Cl)[C@@H]3C2=O)cc1. The molecule has 1 aromatic rings. The van der Waals surface area contributed by atoms with Gasteiger partial charge in [0, 0.05) is 0 Å². The highest BCUT2D eigenvalue weighted by Gasteiger charge is 2.66. The number of halogens is 2. The minimum atomic E-state index is -1.06. The molecule has 1 heterocycles. The Hall–Kier alpha value is -1.59. The maximum Gasteiger partial charge on any atom is 0.335 e. The van der Waals surface area contributed by atoms with Gasteiger partial charge in [0.25, 0.3) is 0 Å². The number of alkyl halides is 2. The second-order valence-corrected chi connectivity index (χ2v) is 7.38. The van der Waals surface area contributed by atoms with Crippen LogP contribution in [0.15, 0.2) is 24.3 Å². The number of rotatable bonds is 2. The fourth-order valence-electron chi connectivity index (χ4n) is 4.36. The molecule has 3 aliphatic rings. The van der Waals surface area contributed by atoms with Crippen LogP contribution in [0.25, 0.3) is 0 Å². The number of aromatic carboxylic acids is 1. The van der Waals surface area contributed by atoms with Crippen molar-refractivity contribution in [2.45, 2.75) is 17.2 Å². The molecule has 5 nitrogen and oxygen atoms in total. The summed E-state index contributed by atoms with van der Waals surface area (Å²) in [5.74, 6) is -2.47. The number of carbonyl (C=O) groups is 3. The molecule has 0 spiro atoms. The molecule has 2 amide bonds. The molecule has 1 aliphatic heterocycles. The predicted octanol–water partition coefficient (Wildman–Crippen LogP) is 2.35. The molecule has 1 saturated heterocycles. The second kappa shape index (κ2) is 4.95. The lowest BCUT2D eigenvalue weighted by Gasteiger charge is -2.28. The highest BCUT2D eigenvalue weighted by atomic mass is 35.5. The summed E-state index contributed by atoms with van der Waals surface area (Å²) < 4.78 is 0. The van der Waals surface area contributed by atoms with Crippen molar-refractivity contribution >= 4 is 46.7 Å². The monoisotopic (exact) mass is 353 g/mol. The van der Waals surface area contributed by atoms with Gasteiger partial charge in [0.1, 0.15) is 0 Å². The molecule has 2 aliphatic carbocycles. The summed E-state index contributed by atoms with van der Waals surface area (Å²) in [6, 6.07) is 5.74. The zero-order valence-corrected chi connectivity index (χ0v) is 13.4. The lowest BCUT2D eigenvalue weighted by molar-refractivity contribution is -0.123. The van der Waals surface area contributed by atoms with Crippen LogP contribution in [-0.2, 0) is 9.59 Å². The lowest BCUT2D eigenvalue weighted by atomic mass is 9.80. The average molecular weight is 354 g/mol. The summed E-state index contributed by atoms with van der Waals surface area (Å²) in [7, 11) is 0. The smallest absolute Gasteiger partial charge is 0.335 e. The first kappa shape index (κ1) is 15.0. The third-order valence-corrected chi connectivity index (χ3v) is 6.68. The molecule has 2 bridgehead atoms. The van der Waals surface area contributed by atoms with Crippen LogP contribution in [0.4, 0.5) is 5.69 Å². The van der Waals surface area contributed by atoms with Gasteiger partial charge in [-0.15, -0.1) is 23.2 Å². The van der Waals surface area contributed by atoms with Crippen molar-refractivity contribution in [1.82, 2.24) is 0 Å². The Labute approximate surface area is 142 Å². The number of imide groups is 1. The van der Waals surface area contributed by atoms with Crippen LogP contribution >= 0.6 is 23.2 Å². The summed E-state index contributed by atoms with van der Waals surface area (Å²) in [6.45, 7) is 0. The number of carboxylic acids is 1. The molecule has 0 radical (unpaired) electrons. The summed E-state index contributed by atoms with van der Waals surface area (Å²) in [5.41, 5.74) is 0.505. The van der Waals surface area contributed by atoms with E-state index in [1.54, 1.807) is 0 Å². The van der Waals surface area contributed by atoms with Crippen LogP contribution < -0.4 is 4.90 Å². The molecular formula is C16H13Cl2NO4. The quantitative estimate of drug-likeness (QED) is 0.654. The van der Waals surface area contributed by atoms with Crippen LogP contribution in [0.5, 0.6) is 0 Å². The number of fused-ring (bicyclic) bond motifs is 5. The molecule has 23 heavy (non-hydrogen) atoms. The fourth-order valence-corrected chi connectivity index (χ4v) is 5.25. The number of carboxylic acid groups (broad SMARTS) is 1. The number of nitrogens with zero attached hydrogens (tertiary/aromatic N) is 1.